The molecule has 0 aromatic heterocycles. The minimum absolute atomic E-state index is 0.858. The summed E-state index contributed by atoms with van der Waals surface area (Å²) < 4.78 is 0. The molecule has 0 unspecified atom stereocenters. The van der Waals surface area contributed by atoms with Crippen LogP contribution in [-0.4, -0.2) is 36.0 Å². The number of hydrogen-bond acceptors (Lipinski definition) is 2. The zero-order valence-corrected chi connectivity index (χ0v) is 13.8. The van der Waals surface area contributed by atoms with E-state index in [9.17, 15) is 0 Å². The smallest absolute Gasteiger partial charge is 0.0233 e. The monoisotopic (exact) mass is 306 g/mol. The van der Waals surface area contributed by atoms with Gasteiger partial charge in [-0.1, -0.05) is 60.7 Å². The Bertz CT molecular complexity index is 571. The molecule has 2 aliphatic rings. The summed E-state index contributed by atoms with van der Waals surface area (Å²) in [6, 6.07) is 21.8. The molecule has 0 spiro atoms. The molecular weight excluding hydrogens is 280 g/mol. The van der Waals surface area contributed by atoms with E-state index in [1.54, 1.807) is 0 Å². The zero-order valence-electron chi connectivity index (χ0n) is 13.8. The minimum atomic E-state index is 0.858. The largest absolute Gasteiger partial charge is 0.299 e. The van der Waals surface area contributed by atoms with Crippen molar-refractivity contribution < 1.29 is 0 Å². The molecule has 2 heteroatoms. The van der Waals surface area contributed by atoms with Crippen molar-refractivity contribution in [2.75, 3.05) is 26.2 Å². The first kappa shape index (κ1) is 14.9. The van der Waals surface area contributed by atoms with E-state index < -0.39 is 0 Å². The molecule has 2 aromatic carbocycles. The fourth-order valence-electron chi connectivity index (χ4n) is 4.30. The van der Waals surface area contributed by atoms with Gasteiger partial charge in [0, 0.05) is 32.7 Å². The third kappa shape index (κ3) is 3.65. The van der Waals surface area contributed by atoms with E-state index in [-0.39, 0.29) is 0 Å². The number of fused-ring (bicyclic) bond motifs is 1. The van der Waals surface area contributed by atoms with Gasteiger partial charge in [0.2, 0.25) is 0 Å². The van der Waals surface area contributed by atoms with Gasteiger partial charge in [-0.15, -0.1) is 0 Å². The molecule has 0 N–H and O–H groups in total. The Morgan fingerprint density at radius 3 is 1.83 bits per heavy atom. The summed E-state index contributed by atoms with van der Waals surface area (Å²) in [6.07, 6.45) is 1.36. The molecule has 2 aliphatic heterocycles. The third-order valence-corrected chi connectivity index (χ3v) is 5.46. The first-order valence-electron chi connectivity index (χ1n) is 8.89. The lowest BCUT2D eigenvalue weighted by Crippen LogP contribution is -2.39. The number of piperidine rings is 1. The van der Waals surface area contributed by atoms with Crippen molar-refractivity contribution >= 4 is 0 Å². The molecule has 0 amide bonds. The highest BCUT2D eigenvalue weighted by Gasteiger charge is 2.36. The number of rotatable bonds is 4. The van der Waals surface area contributed by atoms with Crippen molar-refractivity contribution in [1.82, 2.24) is 9.80 Å². The molecule has 2 nitrogen and oxygen atoms in total. The average Bonchev–Trinajstić information content (AvgIpc) is 2.98. The number of benzene rings is 2. The summed E-state index contributed by atoms with van der Waals surface area (Å²) in [5, 5.41) is 0. The van der Waals surface area contributed by atoms with E-state index in [2.05, 4.69) is 70.5 Å². The molecule has 0 aliphatic carbocycles. The van der Waals surface area contributed by atoms with E-state index in [0.717, 1.165) is 24.9 Å². The van der Waals surface area contributed by atoms with Gasteiger partial charge in [-0.3, -0.25) is 9.80 Å². The van der Waals surface area contributed by atoms with Gasteiger partial charge < -0.3 is 0 Å². The highest BCUT2D eigenvalue weighted by atomic mass is 15.2. The van der Waals surface area contributed by atoms with Crippen LogP contribution in [0.15, 0.2) is 60.7 Å². The summed E-state index contributed by atoms with van der Waals surface area (Å²) in [7, 11) is 0. The van der Waals surface area contributed by atoms with Crippen LogP contribution in [0.4, 0.5) is 0 Å². The van der Waals surface area contributed by atoms with Gasteiger partial charge in [0.15, 0.2) is 0 Å². The van der Waals surface area contributed by atoms with Crippen LogP contribution in [0.3, 0.4) is 0 Å². The van der Waals surface area contributed by atoms with Crippen molar-refractivity contribution in [2.45, 2.75) is 19.5 Å². The van der Waals surface area contributed by atoms with Crippen LogP contribution in [0.1, 0.15) is 17.5 Å². The molecule has 120 valence electrons. The second-order valence-electron chi connectivity index (χ2n) is 7.21. The highest BCUT2D eigenvalue weighted by Crippen LogP contribution is 2.32. The molecule has 0 radical (unpaired) electrons. The van der Waals surface area contributed by atoms with Gasteiger partial charge in [0.25, 0.3) is 0 Å². The van der Waals surface area contributed by atoms with Gasteiger partial charge in [0.05, 0.1) is 0 Å². The lowest BCUT2D eigenvalue weighted by Gasteiger charge is -2.34. The average molecular weight is 306 g/mol. The number of hydrogen-bond donors (Lipinski definition) is 0. The first-order chi connectivity index (χ1) is 11.4. The van der Waals surface area contributed by atoms with Gasteiger partial charge in [0.1, 0.15) is 0 Å². The van der Waals surface area contributed by atoms with Crippen molar-refractivity contribution in [1.29, 1.82) is 0 Å². The van der Waals surface area contributed by atoms with E-state index in [0.29, 0.717) is 0 Å². The Kier molecular flexibility index (Phi) is 4.45. The predicted molar refractivity (Wildman–Crippen MR) is 95.0 cm³/mol. The summed E-state index contributed by atoms with van der Waals surface area (Å²) >= 11 is 0. The van der Waals surface area contributed by atoms with Crippen LogP contribution in [0, 0.1) is 11.8 Å². The minimum Gasteiger partial charge on any atom is -0.299 e. The molecule has 2 heterocycles. The second-order valence-corrected chi connectivity index (χ2v) is 7.21. The van der Waals surface area contributed by atoms with Crippen LogP contribution >= 0.6 is 0 Å². The first-order valence-corrected chi connectivity index (χ1v) is 8.89. The maximum atomic E-state index is 2.66. The summed E-state index contributed by atoms with van der Waals surface area (Å²) in [5.41, 5.74) is 2.90. The summed E-state index contributed by atoms with van der Waals surface area (Å²) in [5.74, 6) is 1.77. The maximum Gasteiger partial charge on any atom is 0.0233 e. The molecule has 2 fully saturated rings. The molecule has 2 atom stereocenters. The Balaban J connectivity index is 1.33. The van der Waals surface area contributed by atoms with Crippen LogP contribution in [0.2, 0.25) is 0 Å². The topological polar surface area (TPSA) is 6.48 Å². The molecule has 2 aromatic rings. The Morgan fingerprint density at radius 1 is 0.652 bits per heavy atom. The van der Waals surface area contributed by atoms with Crippen molar-refractivity contribution in [2.24, 2.45) is 11.8 Å². The lowest BCUT2D eigenvalue weighted by molar-refractivity contribution is 0.142. The Hall–Kier alpha value is -1.64. The lowest BCUT2D eigenvalue weighted by atomic mass is 9.88. The molecule has 23 heavy (non-hydrogen) atoms. The van der Waals surface area contributed by atoms with E-state index in [1.165, 1.54) is 43.7 Å². The molecular formula is C21H26N2. The fourth-order valence-corrected chi connectivity index (χ4v) is 4.30. The van der Waals surface area contributed by atoms with Crippen molar-refractivity contribution in [3.8, 4) is 0 Å². The summed E-state index contributed by atoms with van der Waals surface area (Å²) in [6.45, 7) is 7.32. The third-order valence-electron chi connectivity index (χ3n) is 5.46. The molecule has 0 bridgehead atoms. The maximum absolute atomic E-state index is 2.66. The second kappa shape index (κ2) is 6.86. The molecule has 2 saturated heterocycles. The van der Waals surface area contributed by atoms with E-state index in [1.807, 2.05) is 0 Å². The Morgan fingerprint density at radius 2 is 1.17 bits per heavy atom. The summed E-state index contributed by atoms with van der Waals surface area (Å²) in [4.78, 5) is 5.32. The van der Waals surface area contributed by atoms with Crippen LogP contribution in [-0.2, 0) is 13.1 Å². The number of nitrogens with zero attached hydrogens (tertiary/aromatic N) is 2. The van der Waals surface area contributed by atoms with Gasteiger partial charge >= 0.3 is 0 Å². The van der Waals surface area contributed by atoms with E-state index in [4.69, 9.17) is 0 Å². The van der Waals surface area contributed by atoms with Crippen LogP contribution in [0.5, 0.6) is 0 Å². The van der Waals surface area contributed by atoms with Crippen molar-refractivity contribution in [3.05, 3.63) is 71.8 Å². The van der Waals surface area contributed by atoms with Gasteiger partial charge in [-0.05, 0) is 35.9 Å². The van der Waals surface area contributed by atoms with Crippen molar-refractivity contribution in [3.63, 3.8) is 0 Å². The SMILES string of the molecule is c1ccc(CN2CC[C@@H]3CN(Cc4ccccc4)C[C@@H]3C2)cc1. The van der Waals surface area contributed by atoms with Gasteiger partial charge in [-0.25, -0.2) is 0 Å². The fraction of sp³-hybridized carbons (Fsp3) is 0.429. The quantitative estimate of drug-likeness (QED) is 0.851. The van der Waals surface area contributed by atoms with E-state index >= 15 is 0 Å². The van der Waals surface area contributed by atoms with Crippen LogP contribution in [0.25, 0.3) is 0 Å². The predicted octanol–water partition coefficient (Wildman–Crippen LogP) is 3.64. The normalized spacial score (nSPS) is 25.4. The standard InChI is InChI=1S/C21H26N2/c1-3-7-18(8-4-1)13-22-12-11-20-15-23(17-21(20)16-22)14-19-9-5-2-6-10-19/h1-10,20-21H,11-17H2/t20-,21+/m1/s1. The molecule has 0 saturated carbocycles. The zero-order chi connectivity index (χ0) is 15.5. The Labute approximate surface area is 139 Å². The number of likely N-dealkylation sites (tertiary alicyclic amines) is 2. The molecule has 4 rings (SSSR count). The highest BCUT2D eigenvalue weighted by molar-refractivity contribution is 5.16. The van der Waals surface area contributed by atoms with Gasteiger partial charge in [-0.2, -0.15) is 0 Å². The van der Waals surface area contributed by atoms with Crippen LogP contribution < -0.4 is 0 Å².